The van der Waals surface area contributed by atoms with Gasteiger partial charge in [-0.25, -0.2) is 0 Å². The number of benzene rings is 2. The van der Waals surface area contributed by atoms with Crippen LogP contribution in [0, 0.1) is 0 Å². The number of nitrogens with one attached hydrogen (secondary N) is 1. The van der Waals surface area contributed by atoms with Gasteiger partial charge in [0.15, 0.2) is 11.5 Å². The average Bonchev–Trinajstić information content (AvgIpc) is 2.46. The summed E-state index contributed by atoms with van der Waals surface area (Å²) < 4.78 is 10.2. The van der Waals surface area contributed by atoms with Crippen LogP contribution in [-0.4, -0.2) is 29.1 Å². The summed E-state index contributed by atoms with van der Waals surface area (Å²) >= 11 is 0. The van der Waals surface area contributed by atoms with E-state index in [2.05, 4.69) is 5.32 Å². The molecule has 0 heterocycles. The number of hydrogen-bond donors (Lipinski definition) is 2. The zero-order chi connectivity index (χ0) is 17.9. The van der Waals surface area contributed by atoms with Crippen molar-refractivity contribution in [3.8, 4) is 11.5 Å². The van der Waals surface area contributed by atoms with Crippen molar-refractivity contribution in [3.05, 3.63) is 30.3 Å². The Morgan fingerprint density at radius 1 is 0.960 bits per heavy atom. The summed E-state index contributed by atoms with van der Waals surface area (Å²) in [6, 6.07) is 7.57. The molecule has 134 valence electrons. The Morgan fingerprint density at radius 2 is 1.48 bits per heavy atom. The number of carboxylic acids is 1. The number of halogens is 1. The van der Waals surface area contributed by atoms with Gasteiger partial charge in [0.25, 0.3) is 0 Å². The van der Waals surface area contributed by atoms with Gasteiger partial charge in [0.05, 0.1) is 0 Å². The van der Waals surface area contributed by atoms with Gasteiger partial charge in [0.1, 0.15) is 6.04 Å². The smallest absolute Gasteiger partial charge is 0.325 e. The van der Waals surface area contributed by atoms with E-state index in [0.29, 0.717) is 11.1 Å². The zero-order valence-corrected chi connectivity index (χ0v) is 14.7. The molecule has 0 saturated heterocycles. The first-order valence-corrected chi connectivity index (χ1v) is 7.20. The highest BCUT2D eigenvalue weighted by atomic mass is 35.5. The number of hydrogen-bond acceptors (Lipinski definition) is 6. The largest absolute Gasteiger partial charge is 0.480 e. The van der Waals surface area contributed by atoms with E-state index < -0.39 is 23.9 Å². The third-order valence-electron chi connectivity index (χ3n) is 3.16. The van der Waals surface area contributed by atoms with Gasteiger partial charge < -0.3 is 19.9 Å². The molecule has 0 spiro atoms. The first-order valence-electron chi connectivity index (χ1n) is 7.20. The van der Waals surface area contributed by atoms with Crippen molar-refractivity contribution >= 4 is 46.8 Å². The predicted molar refractivity (Wildman–Crippen MR) is 94.5 cm³/mol. The second-order valence-electron chi connectivity index (χ2n) is 5.25. The number of carboxylic acid groups (broad SMARTS) is 1. The highest BCUT2D eigenvalue weighted by Crippen LogP contribution is 2.34. The minimum absolute atomic E-state index is 0. The van der Waals surface area contributed by atoms with Gasteiger partial charge in [-0.1, -0.05) is 6.07 Å². The first kappa shape index (κ1) is 20.2. The molecule has 1 atom stereocenters. The molecule has 0 aliphatic heterocycles. The maximum absolute atomic E-state index is 11.2. The molecule has 2 aromatic carbocycles. The van der Waals surface area contributed by atoms with Crippen LogP contribution in [0.4, 0.5) is 5.69 Å². The molecule has 7 nitrogen and oxygen atoms in total. The highest BCUT2D eigenvalue weighted by molar-refractivity contribution is 5.91. The molecule has 0 fully saturated rings. The lowest BCUT2D eigenvalue weighted by atomic mass is 10.1. The van der Waals surface area contributed by atoms with Crippen LogP contribution in [0.15, 0.2) is 30.3 Å². The molecule has 0 saturated carbocycles. The number of anilines is 1. The molecule has 0 bridgehead atoms. The summed E-state index contributed by atoms with van der Waals surface area (Å²) in [7, 11) is 0. The molecule has 2 N–H and O–H groups in total. The summed E-state index contributed by atoms with van der Waals surface area (Å²) in [5, 5.41) is 13.2. The molecule has 2 aromatic rings. The minimum atomic E-state index is -0.971. The van der Waals surface area contributed by atoms with Crippen molar-refractivity contribution in [2.75, 3.05) is 5.32 Å². The fraction of sp³-hybridized carbons (Fsp3) is 0.235. The van der Waals surface area contributed by atoms with Crippen molar-refractivity contribution in [2.45, 2.75) is 26.8 Å². The maximum Gasteiger partial charge on any atom is 0.325 e. The van der Waals surface area contributed by atoms with Crippen LogP contribution >= 0.6 is 12.4 Å². The van der Waals surface area contributed by atoms with Crippen LogP contribution in [0.5, 0.6) is 11.5 Å². The van der Waals surface area contributed by atoms with Crippen LogP contribution < -0.4 is 14.8 Å². The zero-order valence-electron chi connectivity index (χ0n) is 13.9. The van der Waals surface area contributed by atoms with E-state index in [1.807, 2.05) is 0 Å². The third kappa shape index (κ3) is 5.36. The summed E-state index contributed by atoms with van der Waals surface area (Å²) in [5.41, 5.74) is 0.603. The van der Waals surface area contributed by atoms with E-state index in [1.54, 1.807) is 30.3 Å². The summed E-state index contributed by atoms with van der Waals surface area (Å²) in [4.78, 5) is 33.4. The molecule has 25 heavy (non-hydrogen) atoms. The second-order valence-corrected chi connectivity index (χ2v) is 5.25. The lowest BCUT2D eigenvalue weighted by molar-refractivity contribution is -0.137. The quantitative estimate of drug-likeness (QED) is 0.618. The number of aliphatic carboxylic acids is 1. The molecule has 0 unspecified atom stereocenters. The second kappa shape index (κ2) is 8.34. The van der Waals surface area contributed by atoms with Crippen LogP contribution in [0.2, 0.25) is 0 Å². The Labute approximate surface area is 150 Å². The SMILES string of the molecule is CC(=O)Oc1cc2ccc(N[C@@H](C)C(=O)O)cc2cc1OC(C)=O.Cl. The molecule has 2 rings (SSSR count). The Balaban J connectivity index is 0.00000312. The van der Waals surface area contributed by atoms with E-state index in [4.69, 9.17) is 14.6 Å². The van der Waals surface area contributed by atoms with Crippen LogP contribution in [0.25, 0.3) is 10.8 Å². The van der Waals surface area contributed by atoms with E-state index in [-0.39, 0.29) is 23.9 Å². The lowest BCUT2D eigenvalue weighted by Crippen LogP contribution is -2.25. The molecule has 0 amide bonds. The van der Waals surface area contributed by atoms with Gasteiger partial charge in [-0.3, -0.25) is 14.4 Å². The Kier molecular flexibility index (Phi) is 6.76. The van der Waals surface area contributed by atoms with E-state index >= 15 is 0 Å². The van der Waals surface area contributed by atoms with Crippen molar-refractivity contribution < 1.29 is 29.0 Å². The van der Waals surface area contributed by atoms with Gasteiger partial charge >= 0.3 is 17.9 Å². The Hall–Kier alpha value is -2.80. The molecule has 0 aliphatic carbocycles. The van der Waals surface area contributed by atoms with Crippen molar-refractivity contribution in [3.63, 3.8) is 0 Å². The fourth-order valence-electron chi connectivity index (χ4n) is 2.13. The van der Waals surface area contributed by atoms with Gasteiger partial charge in [-0.15, -0.1) is 12.4 Å². The topological polar surface area (TPSA) is 102 Å². The standard InChI is InChI=1S/C17H17NO6.ClH/c1-9(17(21)22)18-14-5-4-12-7-15(23-10(2)19)16(24-11(3)20)8-13(12)6-14;/h4-9,18H,1-3H3,(H,21,22);1H/t9-;/m0./s1. The van der Waals surface area contributed by atoms with Crippen LogP contribution in [-0.2, 0) is 14.4 Å². The van der Waals surface area contributed by atoms with Gasteiger partial charge in [-0.05, 0) is 42.0 Å². The van der Waals surface area contributed by atoms with Crippen molar-refractivity contribution in [1.82, 2.24) is 0 Å². The Bertz CT molecular complexity index is 820. The molecule has 8 heteroatoms. The monoisotopic (exact) mass is 367 g/mol. The maximum atomic E-state index is 11.2. The van der Waals surface area contributed by atoms with Gasteiger partial charge in [0, 0.05) is 19.5 Å². The van der Waals surface area contributed by atoms with Gasteiger partial charge in [0.2, 0.25) is 0 Å². The third-order valence-corrected chi connectivity index (χ3v) is 3.16. The number of carbonyl (C=O) groups excluding carboxylic acids is 2. The van der Waals surface area contributed by atoms with Gasteiger partial charge in [-0.2, -0.15) is 0 Å². The highest BCUT2D eigenvalue weighted by Gasteiger charge is 2.14. The minimum Gasteiger partial charge on any atom is -0.480 e. The average molecular weight is 368 g/mol. The molecule has 0 radical (unpaired) electrons. The molecular weight excluding hydrogens is 350 g/mol. The van der Waals surface area contributed by atoms with E-state index in [0.717, 1.165) is 5.39 Å². The van der Waals surface area contributed by atoms with Crippen LogP contribution in [0.3, 0.4) is 0 Å². The fourth-order valence-corrected chi connectivity index (χ4v) is 2.13. The number of fused-ring (bicyclic) bond motifs is 1. The van der Waals surface area contributed by atoms with E-state index in [9.17, 15) is 14.4 Å². The summed E-state index contributed by atoms with van der Waals surface area (Å²) in [6.45, 7) is 4.02. The van der Waals surface area contributed by atoms with Crippen molar-refractivity contribution in [2.24, 2.45) is 0 Å². The molecule has 0 aliphatic rings. The van der Waals surface area contributed by atoms with Crippen LogP contribution in [0.1, 0.15) is 20.8 Å². The number of esters is 2. The lowest BCUT2D eigenvalue weighted by Gasteiger charge is -2.13. The molecule has 0 aromatic heterocycles. The normalized spacial score (nSPS) is 11.2. The Morgan fingerprint density at radius 3 is 1.96 bits per heavy atom. The number of rotatable bonds is 5. The first-order chi connectivity index (χ1) is 11.3. The number of ether oxygens (including phenoxy) is 2. The predicted octanol–water partition coefficient (Wildman–Crippen LogP) is 3.00. The number of carbonyl (C=O) groups is 3. The summed E-state index contributed by atoms with van der Waals surface area (Å²) in [5.74, 6) is -1.78. The molecular formula is C17H18ClNO6. The summed E-state index contributed by atoms with van der Waals surface area (Å²) in [6.07, 6.45) is 0. The van der Waals surface area contributed by atoms with E-state index in [1.165, 1.54) is 20.8 Å². The van der Waals surface area contributed by atoms with Crippen molar-refractivity contribution in [1.29, 1.82) is 0 Å².